The van der Waals surface area contributed by atoms with Crippen molar-refractivity contribution in [2.24, 2.45) is 0 Å². The van der Waals surface area contributed by atoms with E-state index in [1.807, 2.05) is 6.92 Å². The third-order valence-electron chi connectivity index (χ3n) is 2.23. The smallest absolute Gasteiger partial charge is 0.197 e. The van der Waals surface area contributed by atoms with Crippen LogP contribution in [0.4, 0.5) is 0 Å². The molecule has 0 aliphatic heterocycles. The molecule has 0 unspecified atom stereocenters. The molecule has 0 aliphatic rings. The first-order chi connectivity index (χ1) is 7.68. The van der Waals surface area contributed by atoms with Crippen molar-refractivity contribution in [3.8, 4) is 11.6 Å². The molecule has 0 aliphatic carbocycles. The largest absolute Gasteiger partial charge is 0.389 e. The van der Waals surface area contributed by atoms with Gasteiger partial charge in [0.15, 0.2) is 11.6 Å². The molecule has 82 valence electrons. The monoisotopic (exact) mass is 216 g/mol. The maximum absolute atomic E-state index is 9.45. The molecule has 0 saturated carbocycles. The Hall–Kier alpha value is -1.88. The van der Waals surface area contributed by atoms with Crippen molar-refractivity contribution in [3.05, 3.63) is 35.9 Å². The zero-order chi connectivity index (χ0) is 11.5. The highest BCUT2D eigenvalue weighted by atomic mass is 16.3. The highest BCUT2D eigenvalue weighted by molar-refractivity contribution is 5.42. The maximum atomic E-state index is 9.45. The average Bonchev–Trinajstić information content (AvgIpc) is 2.29. The first-order valence-electron chi connectivity index (χ1n) is 4.97. The molecular weight excluding hydrogens is 204 g/mol. The van der Waals surface area contributed by atoms with Gasteiger partial charge in [-0.05, 0) is 19.9 Å². The summed E-state index contributed by atoms with van der Waals surface area (Å²) in [5.41, 5.74) is 1.46. The summed E-state index contributed by atoms with van der Waals surface area (Å²) in [6.45, 7) is 3.51. The molecule has 1 N–H and O–H groups in total. The van der Waals surface area contributed by atoms with Crippen LogP contribution < -0.4 is 0 Å². The van der Waals surface area contributed by atoms with Crippen molar-refractivity contribution in [2.75, 3.05) is 0 Å². The minimum Gasteiger partial charge on any atom is -0.389 e. The number of aromatic nitrogens is 4. The molecular formula is C11H12N4O. The van der Waals surface area contributed by atoms with Gasteiger partial charge >= 0.3 is 0 Å². The highest BCUT2D eigenvalue weighted by Crippen LogP contribution is 2.16. The zero-order valence-corrected chi connectivity index (χ0v) is 9.12. The van der Waals surface area contributed by atoms with Crippen LogP contribution in [0.15, 0.2) is 24.7 Å². The van der Waals surface area contributed by atoms with Crippen LogP contribution in [0.25, 0.3) is 11.6 Å². The highest BCUT2D eigenvalue weighted by Gasteiger charge is 2.10. The number of aliphatic hydroxyl groups excluding tert-OH is 1. The SMILES string of the molecule is Cc1nc(-c2ncccn2)ncc1[C@@H](C)O. The summed E-state index contributed by atoms with van der Waals surface area (Å²) >= 11 is 0. The van der Waals surface area contributed by atoms with E-state index < -0.39 is 6.10 Å². The normalized spacial score (nSPS) is 12.4. The van der Waals surface area contributed by atoms with E-state index in [1.165, 1.54) is 0 Å². The Labute approximate surface area is 93.3 Å². The Morgan fingerprint density at radius 3 is 2.38 bits per heavy atom. The third kappa shape index (κ3) is 2.04. The Kier molecular flexibility index (Phi) is 2.87. The van der Waals surface area contributed by atoms with Crippen molar-refractivity contribution < 1.29 is 5.11 Å². The second-order valence-corrected chi connectivity index (χ2v) is 3.48. The van der Waals surface area contributed by atoms with Crippen LogP contribution in [0.2, 0.25) is 0 Å². The van der Waals surface area contributed by atoms with E-state index in [4.69, 9.17) is 0 Å². The van der Waals surface area contributed by atoms with Gasteiger partial charge in [0, 0.05) is 29.8 Å². The molecule has 0 spiro atoms. The maximum Gasteiger partial charge on any atom is 0.197 e. The quantitative estimate of drug-likeness (QED) is 0.819. The van der Waals surface area contributed by atoms with Crippen LogP contribution in [-0.4, -0.2) is 25.0 Å². The molecule has 0 aromatic carbocycles. The van der Waals surface area contributed by atoms with E-state index in [-0.39, 0.29) is 0 Å². The molecule has 2 heterocycles. The van der Waals surface area contributed by atoms with E-state index in [2.05, 4.69) is 19.9 Å². The van der Waals surface area contributed by atoms with Crippen molar-refractivity contribution in [2.45, 2.75) is 20.0 Å². The second-order valence-electron chi connectivity index (χ2n) is 3.48. The number of rotatable bonds is 2. The van der Waals surface area contributed by atoms with E-state index in [1.54, 1.807) is 31.6 Å². The predicted molar refractivity (Wildman–Crippen MR) is 58.4 cm³/mol. The van der Waals surface area contributed by atoms with Crippen LogP contribution in [0.5, 0.6) is 0 Å². The summed E-state index contributed by atoms with van der Waals surface area (Å²) < 4.78 is 0. The van der Waals surface area contributed by atoms with Crippen LogP contribution >= 0.6 is 0 Å². The van der Waals surface area contributed by atoms with Crippen molar-refractivity contribution in [1.82, 2.24) is 19.9 Å². The number of nitrogens with zero attached hydrogens (tertiary/aromatic N) is 4. The fourth-order valence-corrected chi connectivity index (χ4v) is 1.41. The number of hydrogen-bond acceptors (Lipinski definition) is 5. The van der Waals surface area contributed by atoms with Gasteiger partial charge in [0.2, 0.25) is 0 Å². The Bertz CT molecular complexity index is 485. The van der Waals surface area contributed by atoms with Gasteiger partial charge in [-0.3, -0.25) is 0 Å². The number of aliphatic hydroxyl groups is 1. The summed E-state index contributed by atoms with van der Waals surface area (Å²) in [6, 6.07) is 1.74. The Balaban J connectivity index is 2.43. The fourth-order valence-electron chi connectivity index (χ4n) is 1.41. The van der Waals surface area contributed by atoms with Crippen molar-refractivity contribution in [3.63, 3.8) is 0 Å². The summed E-state index contributed by atoms with van der Waals surface area (Å²) in [5, 5.41) is 9.45. The fraction of sp³-hybridized carbons (Fsp3) is 0.273. The van der Waals surface area contributed by atoms with Crippen LogP contribution in [-0.2, 0) is 0 Å². The lowest BCUT2D eigenvalue weighted by atomic mass is 10.1. The third-order valence-corrected chi connectivity index (χ3v) is 2.23. The molecule has 0 bridgehead atoms. The van der Waals surface area contributed by atoms with E-state index in [0.29, 0.717) is 11.6 Å². The zero-order valence-electron chi connectivity index (χ0n) is 9.12. The number of hydrogen-bond donors (Lipinski definition) is 1. The van der Waals surface area contributed by atoms with Crippen LogP contribution in [0.3, 0.4) is 0 Å². The molecule has 0 fully saturated rings. The first kappa shape index (κ1) is 10.6. The standard InChI is InChI=1S/C11H12N4O/c1-7-9(8(2)16)6-14-11(15-7)10-12-4-3-5-13-10/h3-6,8,16H,1-2H3/t8-/m1/s1. The molecule has 16 heavy (non-hydrogen) atoms. The van der Waals surface area contributed by atoms with Gasteiger partial charge in [0.25, 0.3) is 0 Å². The molecule has 2 aromatic rings. The molecule has 5 nitrogen and oxygen atoms in total. The number of aryl methyl sites for hydroxylation is 1. The second kappa shape index (κ2) is 4.32. The van der Waals surface area contributed by atoms with Gasteiger partial charge < -0.3 is 5.11 Å². The molecule has 0 amide bonds. The van der Waals surface area contributed by atoms with Crippen molar-refractivity contribution >= 4 is 0 Å². The Morgan fingerprint density at radius 1 is 1.12 bits per heavy atom. The van der Waals surface area contributed by atoms with Gasteiger partial charge in [-0.25, -0.2) is 19.9 Å². The van der Waals surface area contributed by atoms with Gasteiger partial charge in [0.1, 0.15) is 0 Å². The topological polar surface area (TPSA) is 71.8 Å². The van der Waals surface area contributed by atoms with Crippen LogP contribution in [0.1, 0.15) is 24.3 Å². The lowest BCUT2D eigenvalue weighted by Gasteiger charge is -2.07. The van der Waals surface area contributed by atoms with Gasteiger partial charge in [-0.15, -0.1) is 0 Å². The summed E-state index contributed by atoms with van der Waals surface area (Å²) in [4.78, 5) is 16.5. The molecule has 5 heteroatoms. The Morgan fingerprint density at radius 2 is 1.81 bits per heavy atom. The predicted octanol–water partition coefficient (Wildman–Crippen LogP) is 1.30. The lowest BCUT2D eigenvalue weighted by molar-refractivity contribution is 0.197. The minimum absolute atomic E-state index is 0.475. The average molecular weight is 216 g/mol. The molecule has 1 atom stereocenters. The lowest BCUT2D eigenvalue weighted by Crippen LogP contribution is -2.02. The summed E-state index contributed by atoms with van der Waals surface area (Å²) in [6.07, 6.45) is 4.33. The van der Waals surface area contributed by atoms with Gasteiger partial charge in [-0.2, -0.15) is 0 Å². The molecule has 2 rings (SSSR count). The molecule has 0 radical (unpaired) electrons. The van der Waals surface area contributed by atoms with E-state index >= 15 is 0 Å². The molecule has 0 saturated heterocycles. The van der Waals surface area contributed by atoms with Crippen molar-refractivity contribution in [1.29, 1.82) is 0 Å². The minimum atomic E-state index is -0.564. The van der Waals surface area contributed by atoms with Crippen LogP contribution in [0, 0.1) is 6.92 Å². The van der Waals surface area contributed by atoms with E-state index in [0.717, 1.165) is 11.3 Å². The summed E-state index contributed by atoms with van der Waals surface area (Å²) in [5.74, 6) is 0.963. The molecule has 2 aromatic heterocycles. The van der Waals surface area contributed by atoms with E-state index in [9.17, 15) is 5.11 Å². The van der Waals surface area contributed by atoms with Gasteiger partial charge in [0.05, 0.1) is 6.10 Å². The summed E-state index contributed by atoms with van der Waals surface area (Å²) in [7, 11) is 0. The van der Waals surface area contributed by atoms with Gasteiger partial charge in [-0.1, -0.05) is 0 Å². The first-order valence-corrected chi connectivity index (χ1v) is 4.97.